The van der Waals surface area contributed by atoms with E-state index in [0.717, 1.165) is 19.3 Å². The number of likely N-dealkylation sites (N-methyl/N-ethyl adjacent to an activating group) is 1. The molecule has 2 aromatic heterocycles. The molecule has 3 fully saturated rings. The predicted molar refractivity (Wildman–Crippen MR) is 91.9 cm³/mol. The summed E-state index contributed by atoms with van der Waals surface area (Å²) >= 11 is 0. The standard InChI is InChI=1S/C18H23N5O2/c1-22(10-6-14-19-8-5-15(24)21-14)17(25)16-12-3-7-18(16,11-12)13-4-9-20-23(13)2/h4-5,8-9,12,16H,3,6-7,10-11H2,1-2H3,(H,19,21,24). The number of amides is 1. The largest absolute Gasteiger partial charge is 0.345 e. The second-order valence-electron chi connectivity index (χ2n) is 7.37. The van der Waals surface area contributed by atoms with Crippen LogP contribution in [0.25, 0.3) is 0 Å². The Morgan fingerprint density at radius 2 is 2.28 bits per heavy atom. The molecular formula is C18H23N5O2. The SMILES string of the molecule is CN(CCc1nccc(=O)[nH]1)C(=O)C1C2CCC1(c1ccnn1C)C2. The third-order valence-electron chi connectivity index (χ3n) is 6.04. The summed E-state index contributed by atoms with van der Waals surface area (Å²) in [5.41, 5.74) is 0.980. The zero-order chi connectivity index (χ0) is 17.6. The van der Waals surface area contributed by atoms with Crippen LogP contribution >= 0.6 is 0 Å². The molecule has 2 heterocycles. The molecule has 0 aromatic carbocycles. The minimum absolute atomic E-state index is 0.0411. The van der Waals surface area contributed by atoms with Gasteiger partial charge in [-0.05, 0) is 31.2 Å². The molecular weight excluding hydrogens is 318 g/mol. The number of fused-ring (bicyclic) bond motifs is 1. The maximum Gasteiger partial charge on any atom is 0.250 e. The van der Waals surface area contributed by atoms with Crippen molar-refractivity contribution in [3.05, 3.63) is 46.4 Å². The number of H-pyrrole nitrogens is 1. The highest BCUT2D eigenvalue weighted by Crippen LogP contribution is 2.64. The summed E-state index contributed by atoms with van der Waals surface area (Å²) in [6, 6.07) is 3.45. The van der Waals surface area contributed by atoms with Gasteiger partial charge in [0.05, 0.1) is 5.92 Å². The number of rotatable bonds is 5. The van der Waals surface area contributed by atoms with E-state index >= 15 is 0 Å². The number of aromatic nitrogens is 4. The second kappa shape index (κ2) is 5.82. The molecule has 7 heteroatoms. The van der Waals surface area contributed by atoms with E-state index < -0.39 is 0 Å². The summed E-state index contributed by atoms with van der Waals surface area (Å²) in [5, 5.41) is 4.30. The average Bonchev–Trinajstić information content (AvgIpc) is 3.27. The van der Waals surface area contributed by atoms with Gasteiger partial charge in [0.25, 0.3) is 5.56 Å². The molecule has 1 N–H and O–H groups in total. The molecule has 0 aliphatic heterocycles. The lowest BCUT2D eigenvalue weighted by Gasteiger charge is -2.47. The van der Waals surface area contributed by atoms with Gasteiger partial charge in [0.2, 0.25) is 5.91 Å². The smallest absolute Gasteiger partial charge is 0.250 e. The van der Waals surface area contributed by atoms with Gasteiger partial charge in [-0.3, -0.25) is 14.3 Å². The number of hydrogen-bond donors (Lipinski definition) is 1. The van der Waals surface area contributed by atoms with E-state index in [1.165, 1.54) is 18.0 Å². The van der Waals surface area contributed by atoms with Gasteiger partial charge in [0, 0.05) is 56.6 Å². The molecule has 0 saturated heterocycles. The molecule has 132 valence electrons. The first kappa shape index (κ1) is 16.1. The van der Waals surface area contributed by atoms with Crippen molar-refractivity contribution in [3.63, 3.8) is 0 Å². The fourth-order valence-corrected chi connectivity index (χ4v) is 4.82. The van der Waals surface area contributed by atoms with Gasteiger partial charge >= 0.3 is 0 Å². The molecule has 3 atom stereocenters. The summed E-state index contributed by atoms with van der Waals surface area (Å²) < 4.78 is 1.92. The van der Waals surface area contributed by atoms with E-state index in [-0.39, 0.29) is 22.8 Å². The van der Waals surface area contributed by atoms with Crippen molar-refractivity contribution in [2.24, 2.45) is 18.9 Å². The van der Waals surface area contributed by atoms with Crippen LogP contribution in [0.3, 0.4) is 0 Å². The highest BCUT2D eigenvalue weighted by Gasteiger charge is 2.64. The molecule has 25 heavy (non-hydrogen) atoms. The second-order valence-corrected chi connectivity index (χ2v) is 7.37. The summed E-state index contributed by atoms with van der Waals surface area (Å²) in [6.07, 6.45) is 7.13. The predicted octanol–water partition coefficient (Wildman–Crippen LogP) is 0.872. The molecule has 2 aromatic rings. The van der Waals surface area contributed by atoms with Crippen molar-refractivity contribution in [3.8, 4) is 0 Å². The van der Waals surface area contributed by atoms with Crippen LogP contribution in [0, 0.1) is 11.8 Å². The fourth-order valence-electron chi connectivity index (χ4n) is 4.82. The van der Waals surface area contributed by atoms with Crippen LogP contribution in [0.4, 0.5) is 0 Å². The lowest BCUT2D eigenvalue weighted by atomic mass is 9.58. The van der Waals surface area contributed by atoms with E-state index in [0.29, 0.717) is 24.7 Å². The van der Waals surface area contributed by atoms with Gasteiger partial charge in [-0.2, -0.15) is 5.10 Å². The van der Waals surface area contributed by atoms with Crippen LogP contribution < -0.4 is 5.56 Å². The first-order chi connectivity index (χ1) is 12.0. The number of aromatic amines is 1. The lowest BCUT2D eigenvalue weighted by Crippen LogP contribution is -2.53. The highest BCUT2D eigenvalue weighted by atomic mass is 16.2. The Hall–Kier alpha value is -2.44. The fraction of sp³-hybridized carbons (Fsp3) is 0.556. The van der Waals surface area contributed by atoms with Crippen LogP contribution in [-0.4, -0.2) is 44.1 Å². The normalized spacial score (nSPS) is 27.1. The topological polar surface area (TPSA) is 83.9 Å². The van der Waals surface area contributed by atoms with Gasteiger partial charge in [-0.15, -0.1) is 0 Å². The van der Waals surface area contributed by atoms with Gasteiger partial charge in [-0.25, -0.2) is 4.98 Å². The number of nitrogens with zero attached hydrogens (tertiary/aromatic N) is 4. The van der Waals surface area contributed by atoms with E-state index in [4.69, 9.17) is 0 Å². The Labute approximate surface area is 146 Å². The number of nitrogens with one attached hydrogen (secondary N) is 1. The van der Waals surface area contributed by atoms with Crippen LogP contribution in [0.5, 0.6) is 0 Å². The third kappa shape index (κ3) is 2.49. The van der Waals surface area contributed by atoms with Crippen LogP contribution in [0.2, 0.25) is 0 Å². The van der Waals surface area contributed by atoms with Gasteiger partial charge in [-0.1, -0.05) is 0 Å². The molecule has 3 aliphatic carbocycles. The molecule has 0 spiro atoms. The minimum Gasteiger partial charge on any atom is -0.345 e. The monoisotopic (exact) mass is 341 g/mol. The van der Waals surface area contributed by atoms with E-state index in [9.17, 15) is 9.59 Å². The molecule has 3 unspecified atom stereocenters. The Morgan fingerprint density at radius 1 is 1.44 bits per heavy atom. The van der Waals surface area contributed by atoms with E-state index in [2.05, 4.69) is 21.1 Å². The van der Waals surface area contributed by atoms with E-state index in [1.54, 1.807) is 4.90 Å². The van der Waals surface area contributed by atoms with Crippen LogP contribution in [0.1, 0.15) is 30.8 Å². The summed E-state index contributed by atoms with van der Waals surface area (Å²) in [5.74, 6) is 1.36. The van der Waals surface area contributed by atoms with E-state index in [1.807, 2.05) is 25.0 Å². The molecule has 0 radical (unpaired) electrons. The number of hydrogen-bond acceptors (Lipinski definition) is 4. The van der Waals surface area contributed by atoms with Crippen LogP contribution in [0.15, 0.2) is 29.3 Å². The van der Waals surface area contributed by atoms with Crippen LogP contribution in [-0.2, 0) is 23.7 Å². The summed E-state index contributed by atoms with van der Waals surface area (Å²) in [4.78, 5) is 33.1. The molecule has 3 saturated carbocycles. The first-order valence-electron chi connectivity index (χ1n) is 8.79. The molecule has 1 amide bonds. The van der Waals surface area contributed by atoms with Crippen molar-refractivity contribution in [2.45, 2.75) is 31.1 Å². The Morgan fingerprint density at radius 3 is 2.96 bits per heavy atom. The third-order valence-corrected chi connectivity index (χ3v) is 6.04. The van der Waals surface area contributed by atoms with Gasteiger partial charge in [0.1, 0.15) is 5.82 Å². The van der Waals surface area contributed by atoms with Crippen molar-refractivity contribution < 1.29 is 4.79 Å². The summed E-state index contributed by atoms with van der Waals surface area (Å²) in [6.45, 7) is 0.552. The Kier molecular flexibility index (Phi) is 3.74. The number of carbonyl (C=O) groups is 1. The van der Waals surface area contributed by atoms with Gasteiger partial charge in [0.15, 0.2) is 0 Å². The molecule has 3 aliphatic rings. The average molecular weight is 341 g/mol. The maximum absolute atomic E-state index is 13.1. The first-order valence-corrected chi connectivity index (χ1v) is 8.79. The maximum atomic E-state index is 13.1. The Bertz CT molecular complexity index is 853. The van der Waals surface area contributed by atoms with Crippen molar-refractivity contribution in [2.75, 3.05) is 13.6 Å². The lowest BCUT2D eigenvalue weighted by molar-refractivity contribution is -0.142. The molecule has 5 rings (SSSR count). The zero-order valence-corrected chi connectivity index (χ0v) is 14.6. The molecule has 2 bridgehead atoms. The number of aryl methyl sites for hydroxylation is 1. The summed E-state index contributed by atoms with van der Waals surface area (Å²) in [7, 11) is 3.80. The Balaban J connectivity index is 1.47. The highest BCUT2D eigenvalue weighted by molar-refractivity contribution is 5.82. The van der Waals surface area contributed by atoms with Crippen molar-refractivity contribution in [1.82, 2.24) is 24.6 Å². The van der Waals surface area contributed by atoms with Gasteiger partial charge < -0.3 is 9.88 Å². The van der Waals surface area contributed by atoms with Crippen molar-refractivity contribution in [1.29, 1.82) is 0 Å². The zero-order valence-electron chi connectivity index (χ0n) is 14.6. The quantitative estimate of drug-likeness (QED) is 0.875. The van der Waals surface area contributed by atoms with Crippen molar-refractivity contribution >= 4 is 5.91 Å². The molecule has 7 nitrogen and oxygen atoms in total. The minimum atomic E-state index is -0.161. The number of carbonyl (C=O) groups excluding carboxylic acids is 1.